The Morgan fingerprint density at radius 1 is 1.08 bits per heavy atom. The first-order chi connectivity index (χ1) is 17.3. The summed E-state index contributed by atoms with van der Waals surface area (Å²) in [4.78, 5) is 21.2. The van der Waals surface area contributed by atoms with Gasteiger partial charge in [0.05, 0.1) is 40.8 Å². The lowest BCUT2D eigenvalue weighted by Gasteiger charge is -2.32. The van der Waals surface area contributed by atoms with Crippen LogP contribution in [0, 0.1) is 5.92 Å². The molecule has 2 fully saturated rings. The van der Waals surface area contributed by atoms with Crippen molar-refractivity contribution >= 4 is 27.1 Å². The van der Waals surface area contributed by atoms with E-state index in [9.17, 15) is 13.2 Å². The minimum Gasteiger partial charge on any atom is -0.490 e. The summed E-state index contributed by atoms with van der Waals surface area (Å²) >= 11 is 0. The zero-order valence-electron chi connectivity index (χ0n) is 20.8. The molecule has 0 saturated carbocycles. The summed E-state index contributed by atoms with van der Waals surface area (Å²) in [5, 5.41) is -0.532. The van der Waals surface area contributed by atoms with Gasteiger partial charge in [0.15, 0.2) is 9.84 Å². The van der Waals surface area contributed by atoms with Crippen LogP contribution in [0.25, 0.3) is 0 Å². The quantitative estimate of drug-likeness (QED) is 0.579. The molecule has 1 aromatic carbocycles. The molecule has 4 heterocycles. The third-order valence-electron chi connectivity index (χ3n) is 7.08. The van der Waals surface area contributed by atoms with Gasteiger partial charge < -0.3 is 24.0 Å². The number of nitrogens with zero attached hydrogens (tertiary/aromatic N) is 3. The summed E-state index contributed by atoms with van der Waals surface area (Å²) in [5.74, 6) is 1.65. The minimum absolute atomic E-state index is 0.0517. The van der Waals surface area contributed by atoms with Gasteiger partial charge in [-0.3, -0.25) is 9.78 Å². The SMILES string of the molecule is CC(C)S(=O)(=O)c1cncc(N2CCOc3ccc(OC4CCN(C(=O)C5CCOCC5)C4)cc32)c1. The van der Waals surface area contributed by atoms with E-state index in [0.717, 1.165) is 24.9 Å². The molecule has 3 aliphatic heterocycles. The number of hydrogen-bond acceptors (Lipinski definition) is 8. The number of benzene rings is 1. The van der Waals surface area contributed by atoms with E-state index in [1.54, 1.807) is 26.1 Å². The number of sulfone groups is 1. The molecule has 5 rings (SSSR count). The molecule has 0 aliphatic carbocycles. The highest BCUT2D eigenvalue weighted by Crippen LogP contribution is 2.40. The van der Waals surface area contributed by atoms with Crippen molar-refractivity contribution in [1.29, 1.82) is 0 Å². The topological polar surface area (TPSA) is 98.3 Å². The number of fused-ring (bicyclic) bond motifs is 1. The Labute approximate surface area is 212 Å². The molecular weight excluding hydrogens is 482 g/mol. The molecule has 0 bridgehead atoms. The number of anilines is 2. The molecule has 2 saturated heterocycles. The maximum Gasteiger partial charge on any atom is 0.225 e. The van der Waals surface area contributed by atoms with Gasteiger partial charge >= 0.3 is 0 Å². The lowest BCUT2D eigenvalue weighted by atomic mass is 9.99. The maximum absolute atomic E-state index is 12.9. The largest absolute Gasteiger partial charge is 0.490 e. The Morgan fingerprint density at radius 2 is 1.89 bits per heavy atom. The average molecular weight is 516 g/mol. The van der Waals surface area contributed by atoms with Crippen LogP contribution in [0.5, 0.6) is 11.5 Å². The Morgan fingerprint density at radius 3 is 2.67 bits per heavy atom. The van der Waals surface area contributed by atoms with Crippen LogP contribution in [0.2, 0.25) is 0 Å². The van der Waals surface area contributed by atoms with Gasteiger partial charge in [-0.25, -0.2) is 8.42 Å². The van der Waals surface area contributed by atoms with Crippen molar-refractivity contribution in [2.24, 2.45) is 5.92 Å². The molecule has 0 spiro atoms. The number of likely N-dealkylation sites (tertiary alicyclic amines) is 1. The fourth-order valence-electron chi connectivity index (χ4n) is 4.94. The van der Waals surface area contributed by atoms with Crippen molar-refractivity contribution in [3.8, 4) is 11.5 Å². The number of aromatic nitrogens is 1. The maximum atomic E-state index is 12.9. The summed E-state index contributed by atoms with van der Waals surface area (Å²) in [6, 6.07) is 7.34. The molecule has 2 aromatic rings. The molecule has 36 heavy (non-hydrogen) atoms. The standard InChI is InChI=1S/C26H33N3O6S/c1-18(2)36(31,32)23-13-20(15-27-16-23)29-9-12-34-25-4-3-21(14-24(25)29)35-22-5-8-28(17-22)26(30)19-6-10-33-11-7-19/h3-4,13-16,18-19,22H,5-12,17H2,1-2H3. The molecule has 10 heteroatoms. The van der Waals surface area contributed by atoms with Crippen molar-refractivity contribution in [1.82, 2.24) is 9.88 Å². The van der Waals surface area contributed by atoms with Crippen LogP contribution < -0.4 is 14.4 Å². The minimum atomic E-state index is -3.44. The second-order valence-electron chi connectivity index (χ2n) is 9.80. The normalized spacial score (nSPS) is 20.8. The van der Waals surface area contributed by atoms with Gasteiger partial charge in [-0.15, -0.1) is 0 Å². The summed E-state index contributed by atoms with van der Waals surface area (Å²) in [7, 11) is -3.44. The van der Waals surface area contributed by atoms with Gasteiger partial charge in [0, 0.05) is 44.4 Å². The zero-order valence-corrected chi connectivity index (χ0v) is 21.6. The van der Waals surface area contributed by atoms with Gasteiger partial charge in [0.1, 0.15) is 24.2 Å². The predicted octanol–water partition coefficient (Wildman–Crippen LogP) is 3.20. The van der Waals surface area contributed by atoms with Gasteiger partial charge in [-0.05, 0) is 44.9 Å². The molecule has 9 nitrogen and oxygen atoms in total. The van der Waals surface area contributed by atoms with E-state index in [-0.39, 0.29) is 22.8 Å². The van der Waals surface area contributed by atoms with Crippen molar-refractivity contribution in [2.75, 3.05) is 44.4 Å². The Bertz CT molecular complexity index is 1210. The third-order valence-corrected chi connectivity index (χ3v) is 9.20. The number of carbonyl (C=O) groups excluding carboxylic acids is 1. The summed E-state index contributed by atoms with van der Waals surface area (Å²) in [5.41, 5.74) is 1.49. The van der Waals surface area contributed by atoms with E-state index in [1.807, 2.05) is 28.0 Å². The van der Waals surface area contributed by atoms with Crippen LogP contribution in [0.4, 0.5) is 11.4 Å². The first-order valence-electron chi connectivity index (χ1n) is 12.6. The van der Waals surface area contributed by atoms with Crippen LogP contribution >= 0.6 is 0 Å². The van der Waals surface area contributed by atoms with Crippen molar-refractivity contribution in [3.63, 3.8) is 0 Å². The highest BCUT2D eigenvalue weighted by Gasteiger charge is 2.33. The van der Waals surface area contributed by atoms with Crippen LogP contribution in [0.3, 0.4) is 0 Å². The smallest absolute Gasteiger partial charge is 0.225 e. The monoisotopic (exact) mass is 515 g/mol. The van der Waals surface area contributed by atoms with Crippen molar-refractivity contribution in [3.05, 3.63) is 36.7 Å². The lowest BCUT2D eigenvalue weighted by Crippen LogP contribution is -2.38. The van der Waals surface area contributed by atoms with Gasteiger partial charge in [0.25, 0.3) is 0 Å². The highest BCUT2D eigenvalue weighted by atomic mass is 32.2. The number of carbonyl (C=O) groups is 1. The molecule has 3 aliphatic rings. The molecule has 1 aromatic heterocycles. The number of ether oxygens (including phenoxy) is 3. The Balaban J connectivity index is 1.32. The van der Waals surface area contributed by atoms with Gasteiger partial charge in [-0.1, -0.05) is 0 Å². The second kappa shape index (κ2) is 10.3. The number of hydrogen-bond donors (Lipinski definition) is 0. The number of amides is 1. The number of rotatable bonds is 6. The van der Waals surface area contributed by atoms with Crippen LogP contribution in [-0.4, -0.2) is 75.0 Å². The number of pyridine rings is 1. The Hall–Kier alpha value is -2.85. The van der Waals surface area contributed by atoms with E-state index in [2.05, 4.69) is 4.98 Å². The fraction of sp³-hybridized carbons (Fsp3) is 0.538. The van der Waals surface area contributed by atoms with Gasteiger partial charge in [-0.2, -0.15) is 0 Å². The second-order valence-corrected chi connectivity index (χ2v) is 12.3. The lowest BCUT2D eigenvalue weighted by molar-refractivity contribution is -0.137. The molecule has 1 unspecified atom stereocenters. The van der Waals surface area contributed by atoms with E-state index < -0.39 is 15.1 Å². The molecular formula is C26H33N3O6S. The van der Waals surface area contributed by atoms with Crippen LogP contribution in [0.1, 0.15) is 33.1 Å². The first kappa shape index (κ1) is 24.8. The van der Waals surface area contributed by atoms with Crippen molar-refractivity contribution in [2.45, 2.75) is 49.4 Å². The van der Waals surface area contributed by atoms with E-state index >= 15 is 0 Å². The average Bonchev–Trinajstić information content (AvgIpc) is 3.36. The molecule has 194 valence electrons. The predicted molar refractivity (Wildman–Crippen MR) is 135 cm³/mol. The molecule has 0 radical (unpaired) electrons. The van der Waals surface area contributed by atoms with Crippen molar-refractivity contribution < 1.29 is 27.4 Å². The Kier molecular flexibility index (Phi) is 7.07. The van der Waals surface area contributed by atoms with Crippen LogP contribution in [0.15, 0.2) is 41.6 Å². The third kappa shape index (κ3) is 5.01. The van der Waals surface area contributed by atoms with Crippen LogP contribution in [-0.2, 0) is 19.4 Å². The van der Waals surface area contributed by atoms with E-state index in [0.29, 0.717) is 56.6 Å². The first-order valence-corrected chi connectivity index (χ1v) is 14.1. The summed E-state index contributed by atoms with van der Waals surface area (Å²) < 4.78 is 42.9. The van der Waals surface area contributed by atoms with Gasteiger partial charge in [0.2, 0.25) is 5.91 Å². The molecule has 1 atom stereocenters. The fourth-order valence-corrected chi connectivity index (χ4v) is 5.98. The summed E-state index contributed by atoms with van der Waals surface area (Å²) in [6.45, 7) is 6.93. The van der Waals surface area contributed by atoms with E-state index in [4.69, 9.17) is 14.2 Å². The highest BCUT2D eigenvalue weighted by molar-refractivity contribution is 7.92. The summed E-state index contributed by atoms with van der Waals surface area (Å²) in [6.07, 6.45) is 5.34. The zero-order chi connectivity index (χ0) is 25.3. The molecule has 1 amide bonds. The molecule has 0 N–H and O–H groups in total. The van der Waals surface area contributed by atoms with E-state index in [1.165, 1.54) is 6.20 Å².